The van der Waals surface area contributed by atoms with E-state index in [4.69, 9.17) is 33.7 Å². The van der Waals surface area contributed by atoms with Crippen molar-refractivity contribution in [3.63, 3.8) is 0 Å². The average molecular weight is 437 g/mol. The zero-order chi connectivity index (χ0) is 19.7. The number of carbonyl (C=O) groups excluding carboxylic acids is 1. The number of benzene rings is 1. The highest BCUT2D eigenvalue weighted by Gasteiger charge is 2.25. The van der Waals surface area contributed by atoms with E-state index < -0.39 is 5.91 Å². The van der Waals surface area contributed by atoms with E-state index in [0.717, 1.165) is 41.0 Å². The highest BCUT2D eigenvalue weighted by atomic mass is 35.5. The molecule has 0 saturated heterocycles. The lowest BCUT2D eigenvalue weighted by atomic mass is 9.93. The Bertz CT molecular complexity index is 1020. The summed E-state index contributed by atoms with van der Waals surface area (Å²) in [4.78, 5) is 20.2. The van der Waals surface area contributed by atoms with E-state index in [-0.39, 0.29) is 6.10 Å². The van der Waals surface area contributed by atoms with E-state index in [2.05, 4.69) is 15.3 Å². The summed E-state index contributed by atoms with van der Waals surface area (Å²) in [6, 6.07) is 7.18. The van der Waals surface area contributed by atoms with Crippen LogP contribution in [0.4, 0.5) is 5.13 Å². The van der Waals surface area contributed by atoms with Crippen molar-refractivity contribution in [1.82, 2.24) is 9.97 Å². The van der Waals surface area contributed by atoms with Crippen molar-refractivity contribution in [2.45, 2.75) is 37.8 Å². The smallest absolute Gasteiger partial charge is 0.254 e. The minimum absolute atomic E-state index is 0.00895. The molecule has 0 radical (unpaired) electrons. The Labute approximate surface area is 176 Å². The molecule has 4 rings (SSSR count). The van der Waals surface area contributed by atoms with E-state index in [0.29, 0.717) is 27.5 Å². The van der Waals surface area contributed by atoms with Crippen molar-refractivity contribution < 1.29 is 9.53 Å². The number of pyridine rings is 1. The summed E-state index contributed by atoms with van der Waals surface area (Å²) in [7, 11) is 0. The number of amides is 1. The predicted molar refractivity (Wildman–Crippen MR) is 113 cm³/mol. The fourth-order valence-electron chi connectivity index (χ4n) is 3.35. The molecule has 1 aliphatic rings. The first-order valence-corrected chi connectivity index (χ1v) is 10.5. The zero-order valence-electron chi connectivity index (χ0n) is 14.8. The Morgan fingerprint density at radius 3 is 2.79 bits per heavy atom. The number of nitrogens with zero attached hydrogens (tertiary/aromatic N) is 2. The molecule has 0 bridgehead atoms. The number of thiazole rings is 1. The number of carbonyl (C=O) groups is 1. The lowest BCUT2D eigenvalue weighted by molar-refractivity contribution is 0.0983. The van der Waals surface area contributed by atoms with Crippen LogP contribution in [-0.2, 0) is 0 Å². The van der Waals surface area contributed by atoms with Gasteiger partial charge in [-0.25, -0.2) is 9.97 Å². The van der Waals surface area contributed by atoms with Gasteiger partial charge in [0.1, 0.15) is 17.2 Å². The number of nitrogens with one attached hydrogen (secondary N) is 1. The van der Waals surface area contributed by atoms with Crippen LogP contribution in [0.2, 0.25) is 10.0 Å². The van der Waals surface area contributed by atoms with E-state index in [1.54, 1.807) is 35.7 Å². The first-order chi connectivity index (χ1) is 13.5. The Balaban J connectivity index is 1.37. The number of anilines is 1. The second kappa shape index (κ2) is 8.11. The minimum Gasteiger partial charge on any atom is -0.474 e. The molecule has 1 saturated carbocycles. The van der Waals surface area contributed by atoms with Crippen LogP contribution in [0, 0.1) is 0 Å². The van der Waals surface area contributed by atoms with Crippen LogP contribution < -0.4 is 15.8 Å². The van der Waals surface area contributed by atoms with Crippen LogP contribution in [0.25, 0.3) is 10.2 Å². The van der Waals surface area contributed by atoms with Gasteiger partial charge in [-0.1, -0.05) is 34.5 Å². The number of hydrogen-bond acceptors (Lipinski definition) is 6. The quantitative estimate of drug-likeness (QED) is 0.593. The molecule has 1 fully saturated rings. The molecule has 1 aliphatic carbocycles. The molecule has 1 aromatic carbocycles. The number of nitrogens with two attached hydrogens (primary N) is 1. The number of aromatic nitrogens is 2. The molecular formula is C19H18Cl2N4O2S. The van der Waals surface area contributed by atoms with E-state index >= 15 is 0 Å². The van der Waals surface area contributed by atoms with Gasteiger partial charge in [-0.2, -0.15) is 0 Å². The van der Waals surface area contributed by atoms with Crippen LogP contribution in [0.1, 0.15) is 36.0 Å². The minimum atomic E-state index is -0.534. The standard InChI is InChI=1S/C19H18Cl2N4O2S/c20-10-8-14(21)16-15(9-10)28-19(25-16)24-11-3-5-12(6-4-11)27-18-13(17(22)26)2-1-7-23-18/h1-2,7-9,11-12H,3-6H2,(H2,22,26)(H,24,25). The highest BCUT2D eigenvalue weighted by Crippen LogP contribution is 2.35. The Hall–Kier alpha value is -2.09. The predicted octanol–water partition coefficient (Wildman–Crippen LogP) is 4.90. The van der Waals surface area contributed by atoms with Gasteiger partial charge in [-0.3, -0.25) is 4.79 Å². The lowest BCUT2D eigenvalue weighted by Crippen LogP contribution is -2.31. The summed E-state index contributed by atoms with van der Waals surface area (Å²) in [5.74, 6) is -0.225. The van der Waals surface area contributed by atoms with E-state index in [9.17, 15) is 4.79 Å². The van der Waals surface area contributed by atoms with Gasteiger partial charge < -0.3 is 15.8 Å². The monoisotopic (exact) mass is 436 g/mol. The number of ether oxygens (including phenoxy) is 1. The van der Waals surface area contributed by atoms with Crippen molar-refractivity contribution in [1.29, 1.82) is 0 Å². The molecule has 6 nitrogen and oxygen atoms in total. The second-order valence-electron chi connectivity index (χ2n) is 6.71. The lowest BCUT2D eigenvalue weighted by Gasteiger charge is -2.29. The third-order valence-electron chi connectivity index (χ3n) is 4.73. The maximum absolute atomic E-state index is 11.5. The molecule has 0 spiro atoms. The van der Waals surface area contributed by atoms with Crippen LogP contribution >= 0.6 is 34.5 Å². The third kappa shape index (κ3) is 4.16. The van der Waals surface area contributed by atoms with Gasteiger partial charge in [0.25, 0.3) is 5.91 Å². The highest BCUT2D eigenvalue weighted by molar-refractivity contribution is 7.22. The molecule has 9 heteroatoms. The molecule has 3 aromatic rings. The van der Waals surface area contributed by atoms with Crippen molar-refractivity contribution in [3.8, 4) is 5.88 Å². The molecule has 2 heterocycles. The largest absolute Gasteiger partial charge is 0.474 e. The van der Waals surface area contributed by atoms with Gasteiger partial charge in [0.2, 0.25) is 5.88 Å². The van der Waals surface area contributed by atoms with Gasteiger partial charge in [0.05, 0.1) is 9.72 Å². The number of fused-ring (bicyclic) bond motifs is 1. The summed E-state index contributed by atoms with van der Waals surface area (Å²) in [6.07, 6.45) is 5.16. The van der Waals surface area contributed by atoms with Gasteiger partial charge in [-0.05, 0) is 49.9 Å². The van der Waals surface area contributed by atoms with E-state index in [1.165, 1.54) is 0 Å². The van der Waals surface area contributed by atoms with Crippen LogP contribution in [0.5, 0.6) is 5.88 Å². The molecule has 0 aliphatic heterocycles. The fourth-order valence-corrected chi connectivity index (χ4v) is 5.01. The molecular weight excluding hydrogens is 419 g/mol. The van der Waals surface area contributed by atoms with Crippen molar-refractivity contribution >= 4 is 55.8 Å². The van der Waals surface area contributed by atoms with Crippen LogP contribution in [-0.4, -0.2) is 28.0 Å². The first kappa shape index (κ1) is 19.2. The SMILES string of the molecule is NC(=O)c1cccnc1OC1CCC(Nc2nc3c(Cl)cc(Cl)cc3s2)CC1. The van der Waals surface area contributed by atoms with Gasteiger partial charge in [0, 0.05) is 17.3 Å². The van der Waals surface area contributed by atoms with Crippen molar-refractivity contribution in [3.05, 3.63) is 46.1 Å². The maximum Gasteiger partial charge on any atom is 0.254 e. The van der Waals surface area contributed by atoms with Gasteiger partial charge >= 0.3 is 0 Å². The van der Waals surface area contributed by atoms with Gasteiger partial charge in [-0.15, -0.1) is 0 Å². The Morgan fingerprint density at radius 1 is 1.25 bits per heavy atom. The summed E-state index contributed by atoms with van der Waals surface area (Å²) in [5.41, 5.74) is 6.47. The number of rotatable bonds is 5. The van der Waals surface area contributed by atoms with Crippen LogP contribution in [0.3, 0.4) is 0 Å². The van der Waals surface area contributed by atoms with Crippen LogP contribution in [0.15, 0.2) is 30.5 Å². The first-order valence-electron chi connectivity index (χ1n) is 8.93. The van der Waals surface area contributed by atoms with E-state index in [1.807, 2.05) is 6.07 Å². The normalized spacial score (nSPS) is 19.5. The number of hydrogen-bond donors (Lipinski definition) is 2. The molecule has 1 amide bonds. The topological polar surface area (TPSA) is 90.1 Å². The second-order valence-corrected chi connectivity index (χ2v) is 8.58. The number of primary amides is 1. The molecule has 0 atom stereocenters. The van der Waals surface area contributed by atoms with Gasteiger partial charge in [0.15, 0.2) is 5.13 Å². The number of halogens is 2. The average Bonchev–Trinajstić information content (AvgIpc) is 3.06. The summed E-state index contributed by atoms with van der Waals surface area (Å²) in [5, 5.41) is 5.50. The zero-order valence-corrected chi connectivity index (χ0v) is 17.2. The Kier molecular flexibility index (Phi) is 5.57. The third-order valence-corrected chi connectivity index (χ3v) is 6.17. The molecule has 0 unspecified atom stereocenters. The molecule has 146 valence electrons. The summed E-state index contributed by atoms with van der Waals surface area (Å²) < 4.78 is 6.90. The molecule has 2 aromatic heterocycles. The Morgan fingerprint density at radius 2 is 2.04 bits per heavy atom. The molecule has 28 heavy (non-hydrogen) atoms. The molecule has 3 N–H and O–H groups in total. The summed E-state index contributed by atoms with van der Waals surface area (Å²) in [6.45, 7) is 0. The summed E-state index contributed by atoms with van der Waals surface area (Å²) >= 11 is 13.8. The maximum atomic E-state index is 11.5. The van der Waals surface area contributed by atoms with Crippen molar-refractivity contribution in [2.75, 3.05) is 5.32 Å². The van der Waals surface area contributed by atoms with Crippen molar-refractivity contribution in [2.24, 2.45) is 5.73 Å². The fraction of sp³-hybridized carbons (Fsp3) is 0.316.